The number of thioether (sulfide) groups is 1. The SMILES string of the molecule is C=CCSCCNS(=O)(=O)c1cc(S(C)(=O)=O)ccc1F. The number of halogens is 1. The van der Waals surface area contributed by atoms with Gasteiger partial charge in [0.15, 0.2) is 9.84 Å². The van der Waals surface area contributed by atoms with E-state index >= 15 is 0 Å². The van der Waals surface area contributed by atoms with E-state index in [9.17, 15) is 21.2 Å². The van der Waals surface area contributed by atoms with E-state index in [2.05, 4.69) is 11.3 Å². The number of benzene rings is 1. The monoisotopic (exact) mass is 353 g/mol. The Hall–Kier alpha value is -0.900. The summed E-state index contributed by atoms with van der Waals surface area (Å²) in [5.41, 5.74) is 0. The van der Waals surface area contributed by atoms with Crippen LogP contribution in [0.4, 0.5) is 4.39 Å². The minimum Gasteiger partial charge on any atom is -0.224 e. The predicted molar refractivity (Wildman–Crippen MR) is 82.2 cm³/mol. The van der Waals surface area contributed by atoms with E-state index in [1.165, 1.54) is 11.8 Å². The molecule has 5 nitrogen and oxygen atoms in total. The van der Waals surface area contributed by atoms with Crippen LogP contribution in [0.25, 0.3) is 0 Å². The summed E-state index contributed by atoms with van der Waals surface area (Å²) in [7, 11) is -7.70. The normalized spacial score (nSPS) is 12.3. The van der Waals surface area contributed by atoms with E-state index < -0.39 is 30.6 Å². The molecule has 0 fully saturated rings. The van der Waals surface area contributed by atoms with Crippen molar-refractivity contribution in [2.24, 2.45) is 0 Å². The van der Waals surface area contributed by atoms with Gasteiger partial charge in [0.25, 0.3) is 0 Å². The largest absolute Gasteiger partial charge is 0.243 e. The fraction of sp³-hybridized carbons (Fsp3) is 0.333. The van der Waals surface area contributed by atoms with Gasteiger partial charge in [-0.25, -0.2) is 25.9 Å². The summed E-state index contributed by atoms with van der Waals surface area (Å²) in [6.07, 6.45) is 2.62. The number of rotatable bonds is 8. The highest BCUT2D eigenvalue weighted by Crippen LogP contribution is 2.19. The molecule has 0 unspecified atom stereocenters. The molecule has 21 heavy (non-hydrogen) atoms. The highest BCUT2D eigenvalue weighted by Gasteiger charge is 2.21. The molecule has 0 amide bonds. The van der Waals surface area contributed by atoms with E-state index in [1.807, 2.05) is 0 Å². The fourth-order valence-corrected chi connectivity index (χ4v) is 3.98. The Bertz CT molecular complexity index is 714. The second-order valence-electron chi connectivity index (χ2n) is 4.13. The number of sulfone groups is 1. The van der Waals surface area contributed by atoms with Crippen LogP contribution >= 0.6 is 11.8 Å². The van der Waals surface area contributed by atoms with E-state index in [0.717, 1.165) is 24.5 Å². The third-order valence-electron chi connectivity index (χ3n) is 2.39. The van der Waals surface area contributed by atoms with Crippen LogP contribution in [-0.4, -0.2) is 41.1 Å². The van der Waals surface area contributed by atoms with Crippen molar-refractivity contribution in [3.05, 3.63) is 36.7 Å². The van der Waals surface area contributed by atoms with Crippen molar-refractivity contribution >= 4 is 31.6 Å². The maximum Gasteiger partial charge on any atom is 0.243 e. The van der Waals surface area contributed by atoms with E-state index in [4.69, 9.17) is 0 Å². The Labute approximate surface area is 128 Å². The van der Waals surface area contributed by atoms with Crippen molar-refractivity contribution in [2.45, 2.75) is 9.79 Å². The average molecular weight is 353 g/mol. The van der Waals surface area contributed by atoms with Gasteiger partial charge < -0.3 is 0 Å². The van der Waals surface area contributed by atoms with E-state index in [0.29, 0.717) is 11.5 Å². The fourth-order valence-electron chi connectivity index (χ4n) is 1.41. The van der Waals surface area contributed by atoms with Gasteiger partial charge in [-0.3, -0.25) is 0 Å². The molecule has 0 aliphatic rings. The topological polar surface area (TPSA) is 80.3 Å². The standard InChI is InChI=1S/C12H16FNO4S3/c1-3-7-19-8-6-14-21(17,18)12-9-10(20(2,15)16)4-5-11(12)13/h3-5,9,14H,1,6-8H2,2H3. The highest BCUT2D eigenvalue weighted by molar-refractivity contribution is 7.99. The molecule has 0 radical (unpaired) electrons. The summed E-state index contributed by atoms with van der Waals surface area (Å²) in [4.78, 5) is -0.913. The van der Waals surface area contributed by atoms with Crippen LogP contribution in [0, 0.1) is 5.82 Å². The Morgan fingerprint density at radius 3 is 2.57 bits per heavy atom. The second kappa shape index (κ2) is 7.39. The number of hydrogen-bond acceptors (Lipinski definition) is 5. The van der Waals surface area contributed by atoms with E-state index in [1.54, 1.807) is 6.08 Å². The third kappa shape index (κ3) is 5.42. The first kappa shape index (κ1) is 18.1. The summed E-state index contributed by atoms with van der Waals surface area (Å²) in [5, 5.41) is 0. The van der Waals surface area contributed by atoms with Crippen LogP contribution in [0.1, 0.15) is 0 Å². The first-order valence-electron chi connectivity index (χ1n) is 5.86. The lowest BCUT2D eigenvalue weighted by Crippen LogP contribution is -2.27. The van der Waals surface area contributed by atoms with Crippen LogP contribution in [0.5, 0.6) is 0 Å². The van der Waals surface area contributed by atoms with Crippen LogP contribution in [0.15, 0.2) is 40.6 Å². The van der Waals surface area contributed by atoms with Gasteiger partial charge in [-0.2, -0.15) is 11.8 Å². The molecular formula is C12H16FNO4S3. The molecule has 0 aliphatic heterocycles. The number of sulfonamides is 1. The Kier molecular flexibility index (Phi) is 6.39. The minimum absolute atomic E-state index is 0.114. The quantitative estimate of drug-likeness (QED) is 0.434. The van der Waals surface area contributed by atoms with Gasteiger partial charge >= 0.3 is 0 Å². The molecule has 1 N–H and O–H groups in total. The molecule has 0 saturated carbocycles. The van der Waals surface area contributed by atoms with Gasteiger partial charge in [-0.1, -0.05) is 6.08 Å². The van der Waals surface area contributed by atoms with Gasteiger partial charge in [0.2, 0.25) is 10.0 Å². The zero-order chi connectivity index (χ0) is 16.1. The molecule has 0 spiro atoms. The Morgan fingerprint density at radius 1 is 1.33 bits per heavy atom. The Balaban J connectivity index is 2.95. The highest BCUT2D eigenvalue weighted by atomic mass is 32.2. The predicted octanol–water partition coefficient (Wildman–Crippen LogP) is 1.43. The van der Waals surface area contributed by atoms with Crippen molar-refractivity contribution in [1.29, 1.82) is 0 Å². The first-order chi connectivity index (χ1) is 9.68. The molecule has 1 aromatic carbocycles. The van der Waals surface area contributed by atoms with E-state index in [-0.39, 0.29) is 11.4 Å². The first-order valence-corrected chi connectivity index (χ1v) is 10.4. The molecular weight excluding hydrogens is 337 g/mol. The molecule has 0 aliphatic carbocycles. The zero-order valence-corrected chi connectivity index (χ0v) is 13.8. The van der Waals surface area contributed by atoms with Gasteiger partial charge in [-0.15, -0.1) is 6.58 Å². The average Bonchev–Trinajstić information content (AvgIpc) is 2.37. The van der Waals surface area contributed by atoms with Crippen LogP contribution in [-0.2, 0) is 19.9 Å². The smallest absolute Gasteiger partial charge is 0.224 e. The molecule has 0 heterocycles. The van der Waals surface area contributed by atoms with Crippen molar-refractivity contribution in [1.82, 2.24) is 4.72 Å². The Morgan fingerprint density at radius 2 is 2.00 bits per heavy atom. The maximum absolute atomic E-state index is 13.7. The van der Waals surface area contributed by atoms with Crippen LogP contribution < -0.4 is 4.72 Å². The van der Waals surface area contributed by atoms with Gasteiger partial charge in [-0.05, 0) is 18.2 Å². The van der Waals surface area contributed by atoms with Crippen molar-refractivity contribution in [2.75, 3.05) is 24.3 Å². The van der Waals surface area contributed by atoms with Crippen LogP contribution in [0.3, 0.4) is 0 Å². The summed E-state index contributed by atoms with van der Waals surface area (Å²) in [5.74, 6) is 0.187. The summed E-state index contributed by atoms with van der Waals surface area (Å²) in [6.45, 7) is 3.65. The summed E-state index contributed by atoms with van der Waals surface area (Å²) >= 11 is 1.47. The summed E-state index contributed by atoms with van der Waals surface area (Å²) < 4.78 is 62.7. The molecule has 9 heteroatoms. The van der Waals surface area contributed by atoms with Gasteiger partial charge in [0.1, 0.15) is 10.7 Å². The van der Waals surface area contributed by atoms with Crippen LogP contribution in [0.2, 0.25) is 0 Å². The van der Waals surface area contributed by atoms with Crippen molar-refractivity contribution in [3.8, 4) is 0 Å². The number of hydrogen-bond donors (Lipinski definition) is 1. The molecule has 0 aromatic heterocycles. The molecule has 1 rings (SSSR count). The lowest BCUT2D eigenvalue weighted by atomic mass is 10.3. The minimum atomic E-state index is -4.09. The van der Waals surface area contributed by atoms with Crippen molar-refractivity contribution < 1.29 is 21.2 Å². The lowest BCUT2D eigenvalue weighted by molar-refractivity contribution is 0.557. The second-order valence-corrected chi connectivity index (χ2v) is 9.03. The zero-order valence-electron chi connectivity index (χ0n) is 11.4. The molecule has 0 bridgehead atoms. The van der Waals surface area contributed by atoms with Gasteiger partial charge in [0, 0.05) is 24.3 Å². The maximum atomic E-state index is 13.7. The third-order valence-corrected chi connectivity index (χ3v) is 5.95. The van der Waals surface area contributed by atoms with Gasteiger partial charge in [0.05, 0.1) is 4.90 Å². The molecule has 118 valence electrons. The lowest BCUT2D eigenvalue weighted by Gasteiger charge is -2.08. The molecule has 1 aromatic rings. The number of nitrogens with one attached hydrogen (secondary N) is 1. The molecule has 0 atom stereocenters. The molecule has 0 saturated heterocycles. The summed E-state index contributed by atoms with van der Waals surface area (Å²) in [6, 6.07) is 2.69. The van der Waals surface area contributed by atoms with Crippen molar-refractivity contribution in [3.63, 3.8) is 0 Å².